The molecule has 5 aromatic rings. The van der Waals surface area contributed by atoms with Crippen LogP contribution in [0.25, 0.3) is 21.6 Å². The number of thiazole rings is 1. The maximum Gasteiger partial charge on any atom is 0.407 e. The number of fused-ring (bicyclic) bond motifs is 1. The molecule has 1 atom stereocenters. The molecule has 2 N–H and O–H groups in total. The first-order valence-corrected chi connectivity index (χ1v) is 17.4. The van der Waals surface area contributed by atoms with Crippen molar-refractivity contribution in [2.45, 2.75) is 50.2 Å². The molecule has 0 aliphatic carbocycles. The number of halogens is 2. The van der Waals surface area contributed by atoms with Gasteiger partial charge in [-0.15, -0.1) is 11.3 Å². The number of anilines is 2. The Morgan fingerprint density at radius 1 is 1.04 bits per heavy atom. The summed E-state index contributed by atoms with van der Waals surface area (Å²) in [7, 11) is -4.02. The Morgan fingerprint density at radius 3 is 2.48 bits per heavy atom. The molecule has 0 saturated carbocycles. The van der Waals surface area contributed by atoms with E-state index in [0.717, 1.165) is 27.4 Å². The van der Waals surface area contributed by atoms with E-state index in [0.29, 0.717) is 37.0 Å². The summed E-state index contributed by atoms with van der Waals surface area (Å²) in [6, 6.07) is 12.7. The van der Waals surface area contributed by atoms with E-state index in [-0.39, 0.29) is 38.5 Å². The fourth-order valence-electron chi connectivity index (χ4n) is 5.54. The second-order valence-electron chi connectivity index (χ2n) is 12.2. The molecule has 0 bridgehead atoms. The SMILES string of the molecule is CC(C)(C)OC(=O)N[C@H]1CCCN(c2c(NC(=O)c3csc(-c4c(F)cccc4F)n3)cnc3c2ccn3S(=O)(=O)c2ccccc2)C1. The molecular weight excluding hydrogens is 663 g/mol. The third-order valence-electron chi connectivity index (χ3n) is 7.57. The number of nitrogens with one attached hydrogen (secondary N) is 2. The van der Waals surface area contributed by atoms with Crippen LogP contribution in [0.3, 0.4) is 0 Å². The number of rotatable bonds is 7. The number of hydrogen-bond acceptors (Lipinski definition) is 9. The van der Waals surface area contributed by atoms with Gasteiger partial charge in [-0.1, -0.05) is 24.3 Å². The molecule has 48 heavy (non-hydrogen) atoms. The van der Waals surface area contributed by atoms with Crippen LogP contribution in [-0.4, -0.2) is 59.1 Å². The van der Waals surface area contributed by atoms with Crippen molar-refractivity contribution in [2.24, 2.45) is 0 Å². The van der Waals surface area contributed by atoms with Gasteiger partial charge in [-0.2, -0.15) is 0 Å². The molecule has 2 amide bonds. The number of carbonyl (C=O) groups is 2. The zero-order chi connectivity index (χ0) is 34.2. The number of hydrogen-bond donors (Lipinski definition) is 2. The van der Waals surface area contributed by atoms with Gasteiger partial charge < -0.3 is 20.3 Å². The van der Waals surface area contributed by atoms with Gasteiger partial charge in [0.1, 0.15) is 27.9 Å². The zero-order valence-corrected chi connectivity index (χ0v) is 27.9. The van der Waals surface area contributed by atoms with E-state index in [4.69, 9.17) is 4.74 Å². The minimum absolute atomic E-state index is 0.000153. The van der Waals surface area contributed by atoms with Crippen LogP contribution < -0.4 is 15.5 Å². The second-order valence-corrected chi connectivity index (χ2v) is 14.9. The van der Waals surface area contributed by atoms with Crippen molar-refractivity contribution >= 4 is 55.8 Å². The molecule has 0 unspecified atom stereocenters. The largest absolute Gasteiger partial charge is 0.444 e. The van der Waals surface area contributed by atoms with Crippen LogP contribution in [0, 0.1) is 11.6 Å². The summed E-state index contributed by atoms with van der Waals surface area (Å²) in [5, 5.41) is 7.57. The summed E-state index contributed by atoms with van der Waals surface area (Å²) in [6.07, 6.45) is 3.55. The van der Waals surface area contributed by atoms with E-state index >= 15 is 0 Å². The number of benzene rings is 2. The van der Waals surface area contributed by atoms with E-state index in [9.17, 15) is 26.8 Å². The molecule has 2 aromatic carbocycles. The van der Waals surface area contributed by atoms with E-state index in [1.54, 1.807) is 45.0 Å². The van der Waals surface area contributed by atoms with Gasteiger partial charge >= 0.3 is 6.09 Å². The average Bonchev–Trinajstić information content (AvgIpc) is 3.69. The maximum atomic E-state index is 14.4. The van der Waals surface area contributed by atoms with Crippen molar-refractivity contribution in [2.75, 3.05) is 23.3 Å². The maximum absolute atomic E-state index is 14.4. The van der Waals surface area contributed by atoms with Gasteiger partial charge in [0.05, 0.1) is 28.0 Å². The summed E-state index contributed by atoms with van der Waals surface area (Å²) in [4.78, 5) is 36.8. The topological polar surface area (TPSA) is 136 Å². The fraction of sp³-hybridized carbons (Fsp3) is 0.273. The third kappa shape index (κ3) is 6.73. The number of piperidine rings is 1. The highest BCUT2D eigenvalue weighted by Gasteiger charge is 2.30. The summed E-state index contributed by atoms with van der Waals surface area (Å²) < 4.78 is 62.6. The number of ether oxygens (including phenoxy) is 1. The average molecular weight is 695 g/mol. The van der Waals surface area contributed by atoms with Crippen LogP contribution in [0.2, 0.25) is 0 Å². The number of amides is 2. The molecule has 3 aromatic heterocycles. The fourth-order valence-corrected chi connectivity index (χ4v) is 7.70. The van der Waals surface area contributed by atoms with Crippen LogP contribution in [0.4, 0.5) is 25.0 Å². The highest BCUT2D eigenvalue weighted by atomic mass is 32.2. The second kappa shape index (κ2) is 13.0. The third-order valence-corrected chi connectivity index (χ3v) is 10.1. The lowest BCUT2D eigenvalue weighted by Crippen LogP contribution is -2.49. The lowest BCUT2D eigenvalue weighted by atomic mass is 10.0. The van der Waals surface area contributed by atoms with Gasteiger partial charge in [-0.3, -0.25) is 4.79 Å². The summed E-state index contributed by atoms with van der Waals surface area (Å²) in [6.45, 7) is 6.17. The molecule has 1 saturated heterocycles. The standard InChI is InChI=1S/C33H32F2N6O5S2/c1-33(2,3)46-32(43)37-20-9-8-15-40(18-20)28-22-14-16-41(48(44,45)21-10-5-4-6-11-21)29(22)36-17-25(28)38-30(42)26-19-47-31(39-26)27-23(34)12-7-13-24(27)35/h4-7,10-14,16-17,19-20H,8-9,15,18H2,1-3H3,(H,37,43)(H,38,42)/t20-/m0/s1. The van der Waals surface area contributed by atoms with Crippen LogP contribution in [-0.2, 0) is 14.8 Å². The lowest BCUT2D eigenvalue weighted by Gasteiger charge is -2.36. The van der Waals surface area contributed by atoms with Crippen molar-refractivity contribution in [1.82, 2.24) is 19.3 Å². The van der Waals surface area contributed by atoms with Crippen LogP contribution in [0.15, 0.2) is 77.3 Å². The molecule has 0 radical (unpaired) electrons. The van der Waals surface area contributed by atoms with E-state index in [2.05, 4.69) is 20.6 Å². The first-order valence-electron chi connectivity index (χ1n) is 15.1. The minimum atomic E-state index is -4.02. The molecule has 1 aliphatic heterocycles. The van der Waals surface area contributed by atoms with Crippen molar-refractivity contribution in [3.05, 3.63) is 89.7 Å². The summed E-state index contributed by atoms with van der Waals surface area (Å²) >= 11 is 0.918. The van der Waals surface area contributed by atoms with Crippen molar-refractivity contribution in [3.8, 4) is 10.6 Å². The van der Waals surface area contributed by atoms with E-state index in [1.165, 1.54) is 36.0 Å². The Labute approximate surface area is 279 Å². The first-order chi connectivity index (χ1) is 22.8. The van der Waals surface area contributed by atoms with E-state index in [1.807, 2.05) is 4.90 Å². The molecule has 4 heterocycles. The monoisotopic (exact) mass is 694 g/mol. The van der Waals surface area contributed by atoms with Gasteiger partial charge in [0, 0.05) is 36.1 Å². The molecule has 250 valence electrons. The van der Waals surface area contributed by atoms with Crippen molar-refractivity contribution < 1.29 is 31.5 Å². The van der Waals surface area contributed by atoms with Gasteiger partial charge in [0.15, 0.2) is 5.65 Å². The molecule has 15 heteroatoms. The molecular formula is C33H32F2N6O5S2. The number of nitrogens with zero attached hydrogens (tertiary/aromatic N) is 4. The Kier molecular flexibility index (Phi) is 8.92. The Balaban J connectivity index is 1.37. The quantitative estimate of drug-likeness (QED) is 0.199. The molecule has 1 aliphatic rings. The molecule has 6 rings (SSSR count). The minimum Gasteiger partial charge on any atom is -0.444 e. The first kappa shape index (κ1) is 33.0. The molecule has 11 nitrogen and oxygen atoms in total. The van der Waals surface area contributed by atoms with Gasteiger partial charge in [0.2, 0.25) is 0 Å². The summed E-state index contributed by atoms with van der Waals surface area (Å²) in [5.74, 6) is -2.26. The normalized spacial score (nSPS) is 15.4. The van der Waals surface area contributed by atoms with Gasteiger partial charge in [-0.25, -0.2) is 35.9 Å². The summed E-state index contributed by atoms with van der Waals surface area (Å²) in [5.41, 5.74) is -0.207. The number of pyridine rings is 1. The van der Waals surface area contributed by atoms with Gasteiger partial charge in [-0.05, 0) is 63.9 Å². The Bertz CT molecular complexity index is 2090. The van der Waals surface area contributed by atoms with Crippen molar-refractivity contribution in [1.29, 1.82) is 0 Å². The number of carbonyl (C=O) groups excluding carboxylic acids is 2. The Hall–Kier alpha value is -4.89. The predicted molar refractivity (Wildman–Crippen MR) is 179 cm³/mol. The van der Waals surface area contributed by atoms with Crippen LogP contribution in [0.5, 0.6) is 0 Å². The van der Waals surface area contributed by atoms with Crippen molar-refractivity contribution in [3.63, 3.8) is 0 Å². The zero-order valence-electron chi connectivity index (χ0n) is 26.2. The smallest absolute Gasteiger partial charge is 0.407 e. The lowest BCUT2D eigenvalue weighted by molar-refractivity contribution is 0.0500. The highest BCUT2D eigenvalue weighted by Crippen LogP contribution is 2.37. The van der Waals surface area contributed by atoms with E-state index < -0.39 is 39.3 Å². The number of alkyl carbamates (subject to hydrolysis) is 1. The molecule has 1 fully saturated rings. The Morgan fingerprint density at radius 2 is 1.77 bits per heavy atom. The number of aromatic nitrogens is 3. The van der Waals surface area contributed by atoms with Crippen LogP contribution >= 0.6 is 11.3 Å². The highest BCUT2D eigenvalue weighted by molar-refractivity contribution is 7.90. The van der Waals surface area contributed by atoms with Gasteiger partial charge in [0.25, 0.3) is 15.9 Å². The molecule has 0 spiro atoms. The van der Waals surface area contributed by atoms with Crippen LogP contribution in [0.1, 0.15) is 44.1 Å². The predicted octanol–water partition coefficient (Wildman–Crippen LogP) is 6.42.